The molecule has 0 atom stereocenters. The molecule has 2 aromatic rings. The van der Waals surface area contributed by atoms with E-state index in [0.29, 0.717) is 17.9 Å². The second kappa shape index (κ2) is 7.42. The maximum Gasteiger partial charge on any atom is 0.153 e. The van der Waals surface area contributed by atoms with Crippen LogP contribution in [0.25, 0.3) is 11.1 Å². The number of hydrogen-bond donors (Lipinski definition) is 0. The van der Waals surface area contributed by atoms with E-state index in [1.807, 2.05) is 37.2 Å². The molecule has 3 heteroatoms. The Morgan fingerprint density at radius 3 is 2.26 bits per heavy atom. The minimum Gasteiger partial charge on any atom is -0.492 e. The van der Waals surface area contributed by atoms with Crippen molar-refractivity contribution >= 4 is 6.29 Å². The third-order valence-electron chi connectivity index (χ3n) is 3.90. The second-order valence-corrected chi connectivity index (χ2v) is 6.30. The number of rotatable bonds is 6. The summed E-state index contributed by atoms with van der Waals surface area (Å²) in [4.78, 5) is 13.5. The van der Waals surface area contributed by atoms with Crippen molar-refractivity contribution in [2.24, 2.45) is 0 Å². The standard InChI is InChI=1S/C20H25NO2/c1-14-10-15(2)20(16(3)11-14)17-6-7-19(18(12-17)13-22)23-9-8-21(4)5/h6-7,10-13H,8-9H2,1-5H3. The molecule has 0 N–H and O–H groups in total. The van der Waals surface area contributed by atoms with Gasteiger partial charge in [0.1, 0.15) is 12.4 Å². The molecule has 2 rings (SSSR count). The van der Waals surface area contributed by atoms with E-state index in [4.69, 9.17) is 4.74 Å². The molecule has 0 amide bonds. The maximum absolute atomic E-state index is 11.4. The van der Waals surface area contributed by atoms with Gasteiger partial charge in [0.25, 0.3) is 0 Å². The maximum atomic E-state index is 11.4. The third-order valence-corrected chi connectivity index (χ3v) is 3.90. The summed E-state index contributed by atoms with van der Waals surface area (Å²) in [5.74, 6) is 0.646. The van der Waals surface area contributed by atoms with E-state index in [1.54, 1.807) is 0 Å². The Bertz CT molecular complexity index is 682. The summed E-state index contributed by atoms with van der Waals surface area (Å²) in [7, 11) is 3.99. The molecule has 0 radical (unpaired) electrons. The van der Waals surface area contributed by atoms with Gasteiger partial charge in [-0.05, 0) is 69.3 Å². The van der Waals surface area contributed by atoms with Gasteiger partial charge in [-0.2, -0.15) is 0 Å². The van der Waals surface area contributed by atoms with Crippen LogP contribution in [-0.4, -0.2) is 38.4 Å². The first-order valence-electron chi connectivity index (χ1n) is 7.87. The van der Waals surface area contributed by atoms with Gasteiger partial charge in [0.05, 0.1) is 5.56 Å². The van der Waals surface area contributed by atoms with Crippen LogP contribution in [0.15, 0.2) is 30.3 Å². The van der Waals surface area contributed by atoms with Crippen molar-refractivity contribution in [2.45, 2.75) is 20.8 Å². The van der Waals surface area contributed by atoms with Gasteiger partial charge < -0.3 is 9.64 Å². The van der Waals surface area contributed by atoms with Gasteiger partial charge in [0.15, 0.2) is 6.29 Å². The Kier molecular flexibility index (Phi) is 5.56. The van der Waals surface area contributed by atoms with E-state index in [-0.39, 0.29) is 0 Å². The summed E-state index contributed by atoms with van der Waals surface area (Å²) in [6.07, 6.45) is 0.868. The zero-order valence-electron chi connectivity index (χ0n) is 14.6. The lowest BCUT2D eigenvalue weighted by Gasteiger charge is -2.15. The Labute approximate surface area is 138 Å². The number of hydrogen-bond acceptors (Lipinski definition) is 3. The van der Waals surface area contributed by atoms with Crippen LogP contribution in [0.5, 0.6) is 5.75 Å². The van der Waals surface area contributed by atoms with Gasteiger partial charge in [0.2, 0.25) is 0 Å². The van der Waals surface area contributed by atoms with E-state index in [2.05, 4.69) is 32.9 Å². The Balaban J connectivity index is 2.34. The Morgan fingerprint density at radius 1 is 1.04 bits per heavy atom. The molecule has 0 spiro atoms. The van der Waals surface area contributed by atoms with Crippen LogP contribution >= 0.6 is 0 Å². The second-order valence-electron chi connectivity index (χ2n) is 6.30. The first kappa shape index (κ1) is 17.2. The Hall–Kier alpha value is -2.13. The lowest BCUT2D eigenvalue weighted by molar-refractivity contribution is 0.111. The number of carbonyl (C=O) groups is 1. The largest absolute Gasteiger partial charge is 0.492 e. The number of ether oxygens (including phenoxy) is 1. The molecule has 0 saturated heterocycles. The summed E-state index contributed by atoms with van der Waals surface area (Å²) in [5.41, 5.74) is 6.55. The highest BCUT2D eigenvalue weighted by Crippen LogP contribution is 2.31. The zero-order valence-corrected chi connectivity index (χ0v) is 14.6. The van der Waals surface area contributed by atoms with Crippen molar-refractivity contribution in [1.29, 1.82) is 0 Å². The van der Waals surface area contributed by atoms with Gasteiger partial charge in [-0.15, -0.1) is 0 Å². The Morgan fingerprint density at radius 2 is 1.70 bits per heavy atom. The average Bonchev–Trinajstić information content (AvgIpc) is 2.46. The lowest BCUT2D eigenvalue weighted by Crippen LogP contribution is -2.19. The van der Waals surface area contributed by atoms with Crippen LogP contribution in [0.2, 0.25) is 0 Å². The molecule has 0 aromatic heterocycles. The van der Waals surface area contributed by atoms with Crippen LogP contribution in [0.4, 0.5) is 0 Å². The highest BCUT2D eigenvalue weighted by molar-refractivity contribution is 5.84. The SMILES string of the molecule is Cc1cc(C)c(-c2ccc(OCCN(C)C)c(C=O)c2)c(C)c1. The normalized spacial score (nSPS) is 10.9. The molecular weight excluding hydrogens is 286 g/mol. The number of aldehydes is 1. The van der Waals surface area contributed by atoms with Crippen molar-refractivity contribution in [3.63, 3.8) is 0 Å². The minimum absolute atomic E-state index is 0.565. The predicted molar refractivity (Wildman–Crippen MR) is 95.5 cm³/mol. The monoisotopic (exact) mass is 311 g/mol. The minimum atomic E-state index is 0.565. The van der Waals surface area contributed by atoms with Crippen molar-refractivity contribution in [3.8, 4) is 16.9 Å². The fourth-order valence-corrected chi connectivity index (χ4v) is 2.90. The molecule has 2 aromatic carbocycles. The van der Waals surface area contributed by atoms with Crippen LogP contribution in [0.1, 0.15) is 27.0 Å². The molecule has 0 unspecified atom stereocenters. The number of carbonyl (C=O) groups excluding carboxylic acids is 1. The fourth-order valence-electron chi connectivity index (χ4n) is 2.90. The van der Waals surface area contributed by atoms with Crippen molar-refractivity contribution < 1.29 is 9.53 Å². The van der Waals surface area contributed by atoms with Crippen molar-refractivity contribution in [1.82, 2.24) is 4.90 Å². The van der Waals surface area contributed by atoms with E-state index in [9.17, 15) is 4.79 Å². The van der Waals surface area contributed by atoms with Crippen molar-refractivity contribution in [2.75, 3.05) is 27.2 Å². The molecule has 0 aliphatic carbocycles. The quantitative estimate of drug-likeness (QED) is 0.754. The van der Waals surface area contributed by atoms with Crippen LogP contribution in [0, 0.1) is 20.8 Å². The van der Waals surface area contributed by atoms with E-state index in [1.165, 1.54) is 22.3 Å². The topological polar surface area (TPSA) is 29.5 Å². The number of aryl methyl sites for hydroxylation is 3. The van der Waals surface area contributed by atoms with E-state index >= 15 is 0 Å². The van der Waals surface area contributed by atoms with Gasteiger partial charge in [0, 0.05) is 6.54 Å². The smallest absolute Gasteiger partial charge is 0.153 e. The molecule has 122 valence electrons. The third kappa shape index (κ3) is 4.20. The fraction of sp³-hybridized carbons (Fsp3) is 0.350. The summed E-state index contributed by atoms with van der Waals surface area (Å²) >= 11 is 0. The first-order valence-corrected chi connectivity index (χ1v) is 7.87. The highest BCUT2D eigenvalue weighted by atomic mass is 16.5. The predicted octanol–water partition coefficient (Wildman–Crippen LogP) is 4.03. The van der Waals surface area contributed by atoms with E-state index in [0.717, 1.165) is 18.4 Å². The molecular formula is C20H25NO2. The summed E-state index contributed by atoms with van der Waals surface area (Å²) in [6.45, 7) is 7.70. The summed E-state index contributed by atoms with van der Waals surface area (Å²) in [5, 5.41) is 0. The van der Waals surface area contributed by atoms with Gasteiger partial charge >= 0.3 is 0 Å². The number of nitrogens with zero attached hydrogens (tertiary/aromatic N) is 1. The molecule has 0 aliphatic heterocycles. The van der Waals surface area contributed by atoms with Gasteiger partial charge in [-0.3, -0.25) is 4.79 Å². The molecule has 0 heterocycles. The molecule has 0 bridgehead atoms. The first-order chi connectivity index (χ1) is 10.9. The number of likely N-dealkylation sites (N-methyl/N-ethyl adjacent to an activating group) is 1. The van der Waals surface area contributed by atoms with Crippen molar-refractivity contribution in [3.05, 3.63) is 52.6 Å². The molecule has 3 nitrogen and oxygen atoms in total. The van der Waals surface area contributed by atoms with Crippen LogP contribution in [-0.2, 0) is 0 Å². The molecule has 0 aliphatic rings. The summed E-state index contributed by atoms with van der Waals surface area (Å²) in [6, 6.07) is 10.2. The number of benzene rings is 2. The molecule has 0 fully saturated rings. The van der Waals surface area contributed by atoms with E-state index < -0.39 is 0 Å². The van der Waals surface area contributed by atoms with Gasteiger partial charge in [-0.25, -0.2) is 0 Å². The molecule has 0 saturated carbocycles. The summed E-state index contributed by atoms with van der Waals surface area (Å²) < 4.78 is 5.74. The molecule has 23 heavy (non-hydrogen) atoms. The van der Waals surface area contributed by atoms with Gasteiger partial charge in [-0.1, -0.05) is 23.8 Å². The average molecular weight is 311 g/mol. The highest BCUT2D eigenvalue weighted by Gasteiger charge is 2.10. The van der Waals surface area contributed by atoms with Crippen LogP contribution < -0.4 is 4.74 Å². The lowest BCUT2D eigenvalue weighted by atomic mass is 9.93. The van der Waals surface area contributed by atoms with Crippen LogP contribution in [0.3, 0.4) is 0 Å². The zero-order chi connectivity index (χ0) is 17.0.